The van der Waals surface area contributed by atoms with Crippen molar-refractivity contribution in [1.82, 2.24) is 19.8 Å². The van der Waals surface area contributed by atoms with Crippen molar-refractivity contribution in [3.8, 4) is 0 Å². The lowest BCUT2D eigenvalue weighted by Crippen LogP contribution is -2.50. The van der Waals surface area contributed by atoms with Gasteiger partial charge in [0.25, 0.3) is 5.91 Å². The van der Waals surface area contributed by atoms with Crippen molar-refractivity contribution < 1.29 is 9.59 Å². The van der Waals surface area contributed by atoms with Crippen molar-refractivity contribution >= 4 is 29.4 Å². The van der Waals surface area contributed by atoms with Crippen LogP contribution < -0.4 is 4.90 Å². The summed E-state index contributed by atoms with van der Waals surface area (Å²) < 4.78 is 0. The Hall–Kier alpha value is -2.61. The first kappa shape index (κ1) is 25.0. The molecule has 7 nitrogen and oxygen atoms in total. The molecule has 1 aromatic heterocycles. The Kier molecular flexibility index (Phi) is 8.72. The average Bonchev–Trinajstić information content (AvgIpc) is 2.82. The topological polar surface area (TPSA) is 69.6 Å². The van der Waals surface area contributed by atoms with Crippen molar-refractivity contribution in [1.29, 1.82) is 0 Å². The van der Waals surface area contributed by atoms with Gasteiger partial charge in [-0.25, -0.2) is 9.97 Å². The number of piperazine rings is 1. The number of benzene rings is 1. The fourth-order valence-corrected chi connectivity index (χ4v) is 4.59. The summed E-state index contributed by atoms with van der Waals surface area (Å²) in [5, 5.41) is 0.760. The van der Waals surface area contributed by atoms with Crippen LogP contribution in [0.3, 0.4) is 0 Å². The van der Waals surface area contributed by atoms with Gasteiger partial charge in [0.15, 0.2) is 5.16 Å². The molecule has 2 amide bonds. The maximum Gasteiger partial charge on any atom is 0.253 e. The summed E-state index contributed by atoms with van der Waals surface area (Å²) >= 11 is 1.60. The van der Waals surface area contributed by atoms with Crippen LogP contribution in [0.15, 0.2) is 35.5 Å². The maximum atomic E-state index is 13.0. The molecule has 0 aliphatic carbocycles. The van der Waals surface area contributed by atoms with Crippen molar-refractivity contribution in [3.05, 3.63) is 47.2 Å². The van der Waals surface area contributed by atoms with Crippen LogP contribution in [0.5, 0.6) is 0 Å². The number of amides is 2. The van der Waals surface area contributed by atoms with Crippen LogP contribution >= 0.6 is 11.8 Å². The summed E-state index contributed by atoms with van der Waals surface area (Å²) in [6.07, 6.45) is 1.06. The lowest BCUT2D eigenvalue weighted by molar-refractivity contribution is -0.130. The van der Waals surface area contributed by atoms with Gasteiger partial charge in [-0.1, -0.05) is 44.7 Å². The number of carbonyl (C=O) groups is 2. The van der Waals surface area contributed by atoms with Gasteiger partial charge in [-0.3, -0.25) is 9.59 Å². The predicted octanol–water partition coefficient (Wildman–Crippen LogP) is 4.04. The maximum absolute atomic E-state index is 13.0. The third kappa shape index (κ3) is 6.69. The standard InChI is InChI=1S/C25H35N5O2S/c1-6-10-28(5)23-16-22(18(2)3)26-25(27-23)33-17-20-8-7-9-21(15-20)24(32)30-13-11-29(12-14-30)19(4)31/h7-9,15-16,18H,6,10-14,17H2,1-5H3. The molecule has 0 bridgehead atoms. The highest BCUT2D eigenvalue weighted by Gasteiger charge is 2.23. The third-order valence-corrected chi connectivity index (χ3v) is 6.73. The van der Waals surface area contributed by atoms with Gasteiger partial charge in [0.05, 0.1) is 0 Å². The Morgan fingerprint density at radius 3 is 2.42 bits per heavy atom. The number of rotatable bonds is 8. The number of thioether (sulfide) groups is 1. The highest BCUT2D eigenvalue weighted by atomic mass is 32.2. The van der Waals surface area contributed by atoms with Crippen LogP contribution in [0, 0.1) is 0 Å². The molecule has 1 aliphatic heterocycles. The van der Waals surface area contributed by atoms with Crippen LogP contribution in [0.1, 0.15) is 61.6 Å². The molecular formula is C25H35N5O2S. The second-order valence-corrected chi connectivity index (χ2v) is 9.74. The molecule has 0 unspecified atom stereocenters. The SMILES string of the molecule is CCCN(C)c1cc(C(C)C)nc(SCc2cccc(C(=O)N3CCN(C(C)=O)CC3)c2)n1. The zero-order chi connectivity index (χ0) is 24.0. The van der Waals surface area contributed by atoms with E-state index in [4.69, 9.17) is 9.97 Å². The first-order valence-electron chi connectivity index (χ1n) is 11.6. The van der Waals surface area contributed by atoms with Gasteiger partial charge in [0.2, 0.25) is 5.91 Å². The minimum absolute atomic E-state index is 0.0200. The number of anilines is 1. The highest BCUT2D eigenvalue weighted by molar-refractivity contribution is 7.98. The van der Waals surface area contributed by atoms with E-state index < -0.39 is 0 Å². The Morgan fingerprint density at radius 1 is 1.09 bits per heavy atom. The van der Waals surface area contributed by atoms with Gasteiger partial charge in [0, 0.05) is 69.8 Å². The number of carbonyl (C=O) groups excluding carboxylic acids is 2. The molecule has 0 N–H and O–H groups in total. The number of hydrogen-bond acceptors (Lipinski definition) is 6. The molecule has 33 heavy (non-hydrogen) atoms. The summed E-state index contributed by atoms with van der Waals surface area (Å²) in [5.41, 5.74) is 2.79. The minimum atomic E-state index is 0.0200. The molecule has 178 valence electrons. The fraction of sp³-hybridized carbons (Fsp3) is 0.520. The number of nitrogens with zero attached hydrogens (tertiary/aromatic N) is 5. The largest absolute Gasteiger partial charge is 0.360 e. The second kappa shape index (κ2) is 11.5. The van der Waals surface area contributed by atoms with Crippen LogP contribution in [-0.4, -0.2) is 71.4 Å². The first-order valence-corrected chi connectivity index (χ1v) is 12.6. The van der Waals surface area contributed by atoms with Crippen molar-refractivity contribution in [2.24, 2.45) is 0 Å². The number of hydrogen-bond donors (Lipinski definition) is 0. The molecular weight excluding hydrogens is 434 g/mol. The molecule has 0 atom stereocenters. The lowest BCUT2D eigenvalue weighted by atomic mass is 10.1. The average molecular weight is 470 g/mol. The van der Waals surface area contributed by atoms with Crippen LogP contribution in [0.2, 0.25) is 0 Å². The highest BCUT2D eigenvalue weighted by Crippen LogP contribution is 2.26. The minimum Gasteiger partial charge on any atom is -0.360 e. The van der Waals surface area contributed by atoms with Crippen LogP contribution in [0.25, 0.3) is 0 Å². The monoisotopic (exact) mass is 469 g/mol. The van der Waals surface area contributed by atoms with Gasteiger partial charge >= 0.3 is 0 Å². The molecule has 1 saturated heterocycles. The van der Waals surface area contributed by atoms with E-state index >= 15 is 0 Å². The summed E-state index contributed by atoms with van der Waals surface area (Å²) in [6.45, 7) is 11.3. The van der Waals surface area contributed by atoms with E-state index in [1.165, 1.54) is 0 Å². The molecule has 2 aromatic rings. The van der Waals surface area contributed by atoms with Crippen molar-refractivity contribution in [3.63, 3.8) is 0 Å². The predicted molar refractivity (Wildman–Crippen MR) is 134 cm³/mol. The van der Waals surface area contributed by atoms with E-state index in [0.29, 0.717) is 43.4 Å². The summed E-state index contributed by atoms with van der Waals surface area (Å²) in [6, 6.07) is 9.87. The first-order chi connectivity index (χ1) is 15.8. The van der Waals surface area contributed by atoms with Crippen LogP contribution in [-0.2, 0) is 10.5 Å². The fourth-order valence-electron chi connectivity index (χ4n) is 3.79. The van der Waals surface area contributed by atoms with Gasteiger partial charge in [0.1, 0.15) is 5.82 Å². The molecule has 2 heterocycles. The van der Waals surface area contributed by atoms with E-state index in [0.717, 1.165) is 35.2 Å². The van der Waals surface area contributed by atoms with Gasteiger partial charge < -0.3 is 14.7 Å². The van der Waals surface area contributed by atoms with E-state index in [-0.39, 0.29) is 11.8 Å². The summed E-state index contributed by atoms with van der Waals surface area (Å²) in [7, 11) is 2.07. The molecule has 1 aliphatic rings. The Morgan fingerprint density at radius 2 is 1.79 bits per heavy atom. The summed E-state index contributed by atoms with van der Waals surface area (Å²) in [5.74, 6) is 2.05. The van der Waals surface area contributed by atoms with Gasteiger partial charge in [-0.05, 0) is 30.0 Å². The van der Waals surface area contributed by atoms with Gasteiger partial charge in [-0.2, -0.15) is 0 Å². The zero-order valence-electron chi connectivity index (χ0n) is 20.4. The molecule has 8 heteroatoms. The lowest BCUT2D eigenvalue weighted by Gasteiger charge is -2.34. The van der Waals surface area contributed by atoms with E-state index in [2.05, 4.69) is 38.8 Å². The van der Waals surface area contributed by atoms with Crippen LogP contribution in [0.4, 0.5) is 5.82 Å². The number of aromatic nitrogens is 2. The molecule has 0 radical (unpaired) electrons. The summed E-state index contributed by atoms with van der Waals surface area (Å²) in [4.78, 5) is 39.8. The molecule has 1 fully saturated rings. The molecule has 0 saturated carbocycles. The molecule has 0 spiro atoms. The van der Waals surface area contributed by atoms with Crippen molar-refractivity contribution in [2.45, 2.75) is 50.9 Å². The zero-order valence-corrected chi connectivity index (χ0v) is 21.2. The van der Waals surface area contributed by atoms with E-state index in [9.17, 15) is 9.59 Å². The molecule has 3 rings (SSSR count). The Balaban J connectivity index is 1.68. The van der Waals surface area contributed by atoms with Crippen molar-refractivity contribution in [2.75, 3.05) is 44.7 Å². The molecule has 1 aromatic carbocycles. The normalized spacial score (nSPS) is 14.0. The van der Waals surface area contributed by atoms with E-state index in [1.54, 1.807) is 23.6 Å². The van der Waals surface area contributed by atoms with E-state index in [1.807, 2.05) is 29.2 Å². The second-order valence-electron chi connectivity index (χ2n) is 8.80. The smallest absolute Gasteiger partial charge is 0.253 e. The Labute approximate surface area is 201 Å². The Bertz CT molecular complexity index is 973. The van der Waals surface area contributed by atoms with Gasteiger partial charge in [-0.15, -0.1) is 0 Å². The third-order valence-electron chi connectivity index (χ3n) is 5.81. The quantitative estimate of drug-likeness (QED) is 0.429.